The van der Waals surface area contributed by atoms with Crippen molar-refractivity contribution in [2.75, 3.05) is 7.05 Å². The number of halogens is 1. The molecule has 0 bridgehead atoms. The molecule has 0 heterocycles. The van der Waals surface area contributed by atoms with E-state index in [1.807, 2.05) is 6.92 Å². The minimum atomic E-state index is -1.44. The summed E-state index contributed by atoms with van der Waals surface area (Å²) in [5, 5.41) is 18.0. The molecule has 0 aliphatic rings. The van der Waals surface area contributed by atoms with Crippen LogP contribution in [0.1, 0.15) is 5.56 Å². The van der Waals surface area contributed by atoms with E-state index in [-0.39, 0.29) is 0 Å². The number of nitrogens with zero attached hydrogens (tertiary/aromatic N) is 1. The van der Waals surface area contributed by atoms with Crippen molar-refractivity contribution in [2.24, 2.45) is 4.99 Å². The van der Waals surface area contributed by atoms with Crippen LogP contribution in [-0.4, -0.2) is 30.3 Å². The monoisotopic (exact) mass is 227 g/mol. The summed E-state index contributed by atoms with van der Waals surface area (Å²) in [6.07, 6.45) is 1.31. The second-order valence-corrected chi connectivity index (χ2v) is 3.10. The third-order valence-corrected chi connectivity index (χ3v) is 1.99. The molecule has 1 aromatic carbocycles. The van der Waals surface area contributed by atoms with E-state index in [0.717, 1.165) is 5.56 Å². The molecule has 0 aliphatic heterocycles. The van der Waals surface area contributed by atoms with Gasteiger partial charge in [-0.05, 0) is 24.0 Å². The van der Waals surface area contributed by atoms with Crippen LogP contribution in [0.5, 0.6) is 0 Å². The molecule has 0 radical (unpaired) electrons. The Balaban J connectivity index is 0.000000423. The van der Waals surface area contributed by atoms with E-state index in [0.29, 0.717) is 10.5 Å². The minimum absolute atomic E-state index is 0.417. The molecule has 0 saturated carbocycles. The van der Waals surface area contributed by atoms with Gasteiger partial charge < -0.3 is 10.0 Å². The van der Waals surface area contributed by atoms with Crippen LogP contribution >= 0.6 is 11.6 Å². The molecule has 0 spiro atoms. The van der Waals surface area contributed by atoms with E-state index in [9.17, 15) is 0 Å². The van der Waals surface area contributed by atoms with E-state index in [1.165, 1.54) is 13.1 Å². The van der Waals surface area contributed by atoms with Crippen LogP contribution in [0, 0.1) is 6.92 Å². The van der Waals surface area contributed by atoms with Crippen LogP contribution < -0.4 is 5.46 Å². The number of carbonyl (C=O) groups excluding carboxylic acids is 1. The normalized spacial score (nSPS) is 8.33. The van der Waals surface area contributed by atoms with Crippen molar-refractivity contribution in [3.05, 3.63) is 28.8 Å². The van der Waals surface area contributed by atoms with Gasteiger partial charge in [-0.2, -0.15) is 0 Å². The SMILES string of the molecule is CN=C=O.Cc1ccc(B(O)O)cc1Cl. The molecule has 0 unspecified atom stereocenters. The van der Waals surface area contributed by atoms with Crippen molar-refractivity contribution in [2.45, 2.75) is 6.92 Å². The highest BCUT2D eigenvalue weighted by atomic mass is 35.5. The summed E-state index contributed by atoms with van der Waals surface area (Å²) < 4.78 is 0. The lowest BCUT2D eigenvalue weighted by atomic mass is 9.80. The lowest BCUT2D eigenvalue weighted by Gasteiger charge is -2.01. The standard InChI is InChI=1S/C7H8BClO2.C2H3NO/c1-5-2-3-6(8(10)11)4-7(5)9;1-3-2-4/h2-4,10-11H,1H3;1H3. The highest BCUT2D eigenvalue weighted by Gasteiger charge is 2.10. The molecule has 1 aromatic rings. The van der Waals surface area contributed by atoms with Crippen molar-refractivity contribution >= 4 is 30.3 Å². The smallest absolute Gasteiger partial charge is 0.423 e. The molecule has 0 amide bonds. The van der Waals surface area contributed by atoms with Gasteiger partial charge in [-0.3, -0.25) is 0 Å². The number of aliphatic imine (C=N–C) groups is 1. The van der Waals surface area contributed by atoms with E-state index in [4.69, 9.17) is 26.4 Å². The number of benzene rings is 1. The molecule has 0 aliphatic carbocycles. The lowest BCUT2D eigenvalue weighted by molar-refractivity contribution is 0.426. The second-order valence-electron chi connectivity index (χ2n) is 2.70. The first-order valence-corrected chi connectivity index (χ1v) is 4.48. The van der Waals surface area contributed by atoms with Crippen molar-refractivity contribution in [3.8, 4) is 0 Å². The maximum absolute atomic E-state index is 8.88. The molecule has 0 saturated heterocycles. The van der Waals surface area contributed by atoms with Crippen LogP contribution in [0.25, 0.3) is 0 Å². The maximum atomic E-state index is 8.88. The van der Waals surface area contributed by atoms with Crippen molar-refractivity contribution in [1.29, 1.82) is 0 Å². The molecule has 0 fully saturated rings. The Kier molecular flexibility index (Phi) is 6.66. The van der Waals surface area contributed by atoms with Gasteiger partial charge in [0.2, 0.25) is 6.08 Å². The Morgan fingerprint density at radius 1 is 1.47 bits per heavy atom. The Bertz CT molecular complexity index is 364. The fraction of sp³-hybridized carbons (Fsp3) is 0.222. The van der Waals surface area contributed by atoms with Gasteiger partial charge >= 0.3 is 7.12 Å². The second kappa shape index (κ2) is 7.20. The molecule has 2 N–H and O–H groups in total. The first-order chi connectivity index (χ1) is 7.02. The van der Waals surface area contributed by atoms with Gasteiger partial charge in [-0.25, -0.2) is 9.79 Å². The highest BCUT2D eigenvalue weighted by molar-refractivity contribution is 6.59. The maximum Gasteiger partial charge on any atom is 0.488 e. The minimum Gasteiger partial charge on any atom is -0.423 e. The quantitative estimate of drug-likeness (QED) is 0.411. The van der Waals surface area contributed by atoms with Crippen LogP contribution in [-0.2, 0) is 4.79 Å². The van der Waals surface area contributed by atoms with Crippen LogP contribution in [0.2, 0.25) is 5.02 Å². The largest absolute Gasteiger partial charge is 0.488 e. The highest BCUT2D eigenvalue weighted by Crippen LogP contribution is 2.11. The third kappa shape index (κ3) is 5.35. The van der Waals surface area contributed by atoms with Gasteiger partial charge in [-0.15, -0.1) is 0 Å². The summed E-state index contributed by atoms with van der Waals surface area (Å²) in [5.74, 6) is 0. The summed E-state index contributed by atoms with van der Waals surface area (Å²) in [4.78, 5) is 11.8. The average molecular weight is 227 g/mol. The van der Waals surface area contributed by atoms with Crippen molar-refractivity contribution in [3.63, 3.8) is 0 Å². The molecular formula is C9H11BClNO3. The molecule has 4 nitrogen and oxygen atoms in total. The van der Waals surface area contributed by atoms with E-state index >= 15 is 0 Å². The number of hydrogen-bond acceptors (Lipinski definition) is 4. The van der Waals surface area contributed by atoms with Gasteiger partial charge in [0.05, 0.1) is 0 Å². The van der Waals surface area contributed by atoms with Crippen molar-refractivity contribution in [1.82, 2.24) is 0 Å². The zero-order valence-corrected chi connectivity index (χ0v) is 9.19. The molecule has 15 heavy (non-hydrogen) atoms. The predicted molar refractivity (Wildman–Crippen MR) is 60.1 cm³/mol. The van der Waals surface area contributed by atoms with Gasteiger partial charge in [-0.1, -0.05) is 23.7 Å². The van der Waals surface area contributed by atoms with Gasteiger partial charge in [0.25, 0.3) is 0 Å². The Labute approximate surface area is 93.4 Å². The predicted octanol–water partition coefficient (Wildman–Crippen LogP) is 0.280. The number of rotatable bonds is 1. The van der Waals surface area contributed by atoms with Gasteiger partial charge in [0.15, 0.2) is 0 Å². The molecule has 6 heteroatoms. The topological polar surface area (TPSA) is 69.9 Å². The Morgan fingerprint density at radius 2 is 2.00 bits per heavy atom. The molecular weight excluding hydrogens is 216 g/mol. The van der Waals surface area contributed by atoms with Crippen LogP contribution in [0.4, 0.5) is 0 Å². The Morgan fingerprint density at radius 3 is 2.33 bits per heavy atom. The summed E-state index contributed by atoms with van der Waals surface area (Å²) in [5.41, 5.74) is 1.34. The molecule has 0 atom stereocenters. The van der Waals surface area contributed by atoms with Gasteiger partial charge in [0.1, 0.15) is 0 Å². The van der Waals surface area contributed by atoms with E-state index in [2.05, 4.69) is 4.99 Å². The zero-order chi connectivity index (χ0) is 11.8. The third-order valence-electron chi connectivity index (χ3n) is 1.59. The van der Waals surface area contributed by atoms with Crippen LogP contribution in [0.3, 0.4) is 0 Å². The molecule has 80 valence electrons. The zero-order valence-electron chi connectivity index (χ0n) is 8.44. The van der Waals surface area contributed by atoms with E-state index < -0.39 is 7.12 Å². The van der Waals surface area contributed by atoms with Crippen molar-refractivity contribution < 1.29 is 14.8 Å². The number of isocyanates is 1. The molecule has 1 rings (SSSR count). The van der Waals surface area contributed by atoms with E-state index in [1.54, 1.807) is 18.2 Å². The Hall–Kier alpha value is -1.13. The fourth-order valence-electron chi connectivity index (χ4n) is 0.770. The first kappa shape index (κ1) is 13.9. The number of aryl methyl sites for hydroxylation is 1. The summed E-state index contributed by atoms with van der Waals surface area (Å²) in [7, 11) is -0.0550. The first-order valence-electron chi connectivity index (χ1n) is 4.11. The molecule has 0 aromatic heterocycles. The average Bonchev–Trinajstić information content (AvgIpc) is 2.22. The summed E-state index contributed by atoms with van der Waals surface area (Å²) in [6, 6.07) is 4.92. The number of hydrogen-bond donors (Lipinski definition) is 2. The van der Waals surface area contributed by atoms with Crippen LogP contribution in [0.15, 0.2) is 23.2 Å². The lowest BCUT2D eigenvalue weighted by Crippen LogP contribution is -2.29. The summed E-state index contributed by atoms with van der Waals surface area (Å²) in [6.45, 7) is 1.86. The fourth-order valence-corrected chi connectivity index (χ4v) is 0.959. The summed E-state index contributed by atoms with van der Waals surface area (Å²) >= 11 is 5.74. The van der Waals surface area contributed by atoms with Gasteiger partial charge in [0, 0.05) is 12.1 Å².